The Labute approximate surface area is 182 Å². The Morgan fingerprint density at radius 2 is 1.52 bits per heavy atom. The van der Waals surface area contributed by atoms with Crippen molar-refractivity contribution in [2.24, 2.45) is 0 Å². The highest BCUT2D eigenvalue weighted by Gasteiger charge is 2.35. The molecule has 0 aliphatic carbocycles. The Balaban J connectivity index is 1.54. The molecule has 2 fully saturated rings. The Bertz CT molecular complexity index is 879. The average molecular weight is 421 g/mol. The van der Waals surface area contributed by atoms with Crippen molar-refractivity contribution < 1.29 is 14.4 Å². The topological polar surface area (TPSA) is 81.8 Å². The van der Waals surface area contributed by atoms with Crippen LogP contribution in [0.1, 0.15) is 23.5 Å². The van der Waals surface area contributed by atoms with Gasteiger partial charge in [0.15, 0.2) is 0 Å². The van der Waals surface area contributed by atoms with Crippen molar-refractivity contribution in [3.63, 3.8) is 0 Å². The Kier molecular flexibility index (Phi) is 6.62. The highest BCUT2D eigenvalue weighted by Crippen LogP contribution is 2.27. The minimum Gasteiger partial charge on any atom is -0.353 e. The summed E-state index contributed by atoms with van der Waals surface area (Å²) in [5, 5.41) is 5.63. The number of hydrogen-bond acceptors (Lipinski definition) is 4. The molecular formula is C24H28N4O3. The molecule has 7 heteroatoms. The summed E-state index contributed by atoms with van der Waals surface area (Å²) < 4.78 is 0. The van der Waals surface area contributed by atoms with Gasteiger partial charge in [-0.2, -0.15) is 0 Å². The molecule has 2 aliphatic heterocycles. The predicted molar refractivity (Wildman–Crippen MR) is 117 cm³/mol. The highest BCUT2D eigenvalue weighted by molar-refractivity contribution is 5.91. The molecule has 2 heterocycles. The number of nitrogens with one attached hydrogen (secondary N) is 2. The quantitative estimate of drug-likeness (QED) is 0.730. The maximum atomic E-state index is 12.9. The third-order valence-corrected chi connectivity index (χ3v) is 6.02. The summed E-state index contributed by atoms with van der Waals surface area (Å²) in [7, 11) is 0. The maximum Gasteiger partial charge on any atom is 0.239 e. The number of carbonyl (C=O) groups is 3. The molecule has 1 atom stereocenters. The summed E-state index contributed by atoms with van der Waals surface area (Å²) >= 11 is 0. The highest BCUT2D eigenvalue weighted by atomic mass is 16.2. The number of benzene rings is 2. The largest absolute Gasteiger partial charge is 0.353 e. The Hall–Kier alpha value is -3.19. The van der Waals surface area contributed by atoms with Gasteiger partial charge >= 0.3 is 0 Å². The molecule has 4 rings (SSSR count). The van der Waals surface area contributed by atoms with E-state index in [2.05, 4.69) is 39.8 Å². The van der Waals surface area contributed by atoms with Crippen LogP contribution in [-0.2, 0) is 14.4 Å². The van der Waals surface area contributed by atoms with Crippen molar-refractivity contribution in [3.8, 4) is 0 Å². The van der Waals surface area contributed by atoms with Crippen LogP contribution in [-0.4, -0.2) is 72.8 Å². The van der Waals surface area contributed by atoms with E-state index in [9.17, 15) is 14.4 Å². The van der Waals surface area contributed by atoms with Crippen molar-refractivity contribution in [1.29, 1.82) is 0 Å². The van der Waals surface area contributed by atoms with Crippen LogP contribution in [0.2, 0.25) is 0 Å². The second kappa shape index (κ2) is 9.75. The maximum absolute atomic E-state index is 12.9. The number of amides is 3. The first-order valence-electron chi connectivity index (χ1n) is 10.8. The SMILES string of the molecule is O=C1CN(C(=O)CC2C(=O)NCCN2CC(c2ccccc2)c2ccccc2)CCN1. The fourth-order valence-electron chi connectivity index (χ4n) is 4.36. The lowest BCUT2D eigenvalue weighted by molar-refractivity contribution is -0.142. The van der Waals surface area contributed by atoms with Gasteiger partial charge in [-0.15, -0.1) is 0 Å². The smallest absolute Gasteiger partial charge is 0.239 e. The molecule has 3 amide bonds. The molecule has 162 valence electrons. The van der Waals surface area contributed by atoms with Gasteiger partial charge in [0.1, 0.15) is 0 Å². The first kappa shape index (κ1) is 21.1. The molecule has 0 bridgehead atoms. The van der Waals surface area contributed by atoms with Gasteiger partial charge in [0.2, 0.25) is 17.7 Å². The van der Waals surface area contributed by atoms with Crippen LogP contribution >= 0.6 is 0 Å². The predicted octanol–water partition coefficient (Wildman–Crippen LogP) is 0.967. The van der Waals surface area contributed by atoms with Crippen molar-refractivity contribution >= 4 is 17.7 Å². The summed E-state index contributed by atoms with van der Waals surface area (Å²) in [6.45, 7) is 2.88. The lowest BCUT2D eigenvalue weighted by Gasteiger charge is -2.38. The number of nitrogens with zero attached hydrogens (tertiary/aromatic N) is 2. The van der Waals surface area contributed by atoms with Gasteiger partial charge in [0.25, 0.3) is 0 Å². The van der Waals surface area contributed by atoms with Gasteiger partial charge < -0.3 is 15.5 Å². The van der Waals surface area contributed by atoms with E-state index in [0.29, 0.717) is 32.7 Å². The summed E-state index contributed by atoms with van der Waals surface area (Å²) in [5.74, 6) is -0.344. The number of piperazine rings is 2. The molecule has 2 aliphatic rings. The van der Waals surface area contributed by atoms with E-state index in [1.807, 2.05) is 36.4 Å². The Morgan fingerprint density at radius 3 is 2.13 bits per heavy atom. The van der Waals surface area contributed by atoms with Gasteiger partial charge in [-0.05, 0) is 11.1 Å². The molecule has 0 spiro atoms. The molecule has 2 aromatic carbocycles. The molecule has 2 aromatic rings. The summed E-state index contributed by atoms with van der Waals surface area (Å²) in [5.41, 5.74) is 2.36. The van der Waals surface area contributed by atoms with Crippen molar-refractivity contribution in [1.82, 2.24) is 20.4 Å². The number of rotatable bonds is 6. The minimum absolute atomic E-state index is 0.0594. The van der Waals surface area contributed by atoms with E-state index >= 15 is 0 Å². The van der Waals surface area contributed by atoms with Gasteiger partial charge in [0, 0.05) is 38.6 Å². The van der Waals surface area contributed by atoms with Crippen LogP contribution in [0.4, 0.5) is 0 Å². The first-order valence-corrected chi connectivity index (χ1v) is 10.8. The van der Waals surface area contributed by atoms with Gasteiger partial charge in [-0.25, -0.2) is 0 Å². The van der Waals surface area contributed by atoms with E-state index < -0.39 is 6.04 Å². The van der Waals surface area contributed by atoms with Crippen molar-refractivity contribution in [2.75, 3.05) is 39.3 Å². The molecule has 7 nitrogen and oxygen atoms in total. The van der Waals surface area contributed by atoms with Crippen LogP contribution in [0.3, 0.4) is 0 Å². The lowest BCUT2D eigenvalue weighted by Crippen LogP contribution is -2.58. The van der Waals surface area contributed by atoms with Crippen LogP contribution < -0.4 is 10.6 Å². The average Bonchev–Trinajstić information content (AvgIpc) is 2.80. The van der Waals surface area contributed by atoms with E-state index in [1.54, 1.807) is 4.90 Å². The second-order valence-corrected chi connectivity index (χ2v) is 8.05. The molecule has 0 aromatic heterocycles. The zero-order chi connectivity index (χ0) is 21.6. The zero-order valence-electron chi connectivity index (χ0n) is 17.5. The van der Waals surface area contributed by atoms with E-state index in [-0.39, 0.29) is 36.6 Å². The standard InChI is InChI=1S/C24H28N4O3/c29-22-17-28(14-11-25-22)23(30)15-21-24(31)26-12-13-27(21)16-20(18-7-3-1-4-8-18)19-9-5-2-6-10-19/h1-10,20-21H,11-17H2,(H,25,29)(H,26,31). The monoisotopic (exact) mass is 420 g/mol. The molecule has 2 saturated heterocycles. The second-order valence-electron chi connectivity index (χ2n) is 8.05. The number of carbonyl (C=O) groups excluding carboxylic acids is 3. The van der Waals surface area contributed by atoms with Crippen molar-refractivity contribution in [2.45, 2.75) is 18.4 Å². The molecule has 2 N–H and O–H groups in total. The van der Waals surface area contributed by atoms with E-state index in [1.165, 1.54) is 11.1 Å². The zero-order valence-corrected chi connectivity index (χ0v) is 17.5. The minimum atomic E-state index is -0.541. The summed E-state index contributed by atoms with van der Waals surface area (Å²) in [6.07, 6.45) is 0.0788. The normalized spacial score (nSPS) is 19.8. The lowest BCUT2D eigenvalue weighted by atomic mass is 9.90. The third kappa shape index (κ3) is 5.11. The van der Waals surface area contributed by atoms with Crippen molar-refractivity contribution in [3.05, 3.63) is 71.8 Å². The van der Waals surface area contributed by atoms with Crippen LogP contribution in [0.5, 0.6) is 0 Å². The van der Waals surface area contributed by atoms with Gasteiger partial charge in [-0.1, -0.05) is 60.7 Å². The van der Waals surface area contributed by atoms with E-state index in [4.69, 9.17) is 0 Å². The molecule has 1 unspecified atom stereocenters. The van der Waals surface area contributed by atoms with Crippen LogP contribution in [0.15, 0.2) is 60.7 Å². The number of hydrogen-bond donors (Lipinski definition) is 2. The molecule has 0 radical (unpaired) electrons. The fourth-order valence-corrected chi connectivity index (χ4v) is 4.36. The first-order chi connectivity index (χ1) is 15.1. The summed E-state index contributed by atoms with van der Waals surface area (Å²) in [6, 6.07) is 20.0. The van der Waals surface area contributed by atoms with Crippen LogP contribution in [0, 0.1) is 0 Å². The van der Waals surface area contributed by atoms with E-state index in [0.717, 1.165) is 0 Å². The van der Waals surface area contributed by atoms with Crippen LogP contribution in [0.25, 0.3) is 0 Å². The Morgan fingerprint density at radius 1 is 0.903 bits per heavy atom. The van der Waals surface area contributed by atoms with Gasteiger partial charge in [0.05, 0.1) is 19.0 Å². The molecule has 0 saturated carbocycles. The molecule has 31 heavy (non-hydrogen) atoms. The van der Waals surface area contributed by atoms with Gasteiger partial charge in [-0.3, -0.25) is 19.3 Å². The summed E-state index contributed by atoms with van der Waals surface area (Å²) in [4.78, 5) is 40.9. The molecular weight excluding hydrogens is 392 g/mol. The fraction of sp³-hybridized carbons (Fsp3) is 0.375. The third-order valence-electron chi connectivity index (χ3n) is 6.02.